The lowest BCUT2D eigenvalue weighted by Crippen LogP contribution is -2.68. The molecule has 4 aliphatic rings. The van der Waals surface area contributed by atoms with Crippen molar-refractivity contribution in [3.05, 3.63) is 65.2 Å². The summed E-state index contributed by atoms with van der Waals surface area (Å²) in [6.45, 7) is 2.60. The number of imidazole rings is 1. The first-order valence-corrected chi connectivity index (χ1v) is 10.7. The van der Waals surface area contributed by atoms with Crippen molar-refractivity contribution < 1.29 is 18.0 Å². The van der Waals surface area contributed by atoms with Gasteiger partial charge in [0.1, 0.15) is 23.3 Å². The Balaban J connectivity index is 1.20. The summed E-state index contributed by atoms with van der Waals surface area (Å²) in [6.07, 6.45) is 4.24. The Morgan fingerprint density at radius 2 is 1.78 bits per heavy atom. The minimum Gasteiger partial charge on any atom is -0.328 e. The maximum atomic E-state index is 13.8. The second-order valence-electron chi connectivity index (χ2n) is 9.59. The fourth-order valence-electron chi connectivity index (χ4n) is 6.04. The lowest BCUT2D eigenvalue weighted by molar-refractivity contribution is -0.222. The number of hydrogen-bond acceptors (Lipinski definition) is 3. The third-order valence-electron chi connectivity index (χ3n) is 7.30. The number of rotatable bonds is 4. The number of benzene rings is 2. The Morgan fingerprint density at radius 3 is 2.50 bits per heavy atom. The van der Waals surface area contributed by atoms with Crippen LogP contribution in [0.5, 0.6) is 0 Å². The Kier molecular flexibility index (Phi) is 3.92. The van der Waals surface area contributed by atoms with Gasteiger partial charge in [-0.25, -0.2) is 23.2 Å². The lowest BCUT2D eigenvalue weighted by atomic mass is 9.34. The van der Waals surface area contributed by atoms with E-state index in [1.807, 2.05) is 11.5 Å². The minimum atomic E-state index is -0.664. The van der Waals surface area contributed by atoms with E-state index in [0.29, 0.717) is 18.5 Å². The van der Waals surface area contributed by atoms with Gasteiger partial charge in [0.2, 0.25) is 5.91 Å². The van der Waals surface area contributed by atoms with Crippen LogP contribution in [0.15, 0.2) is 41.5 Å². The van der Waals surface area contributed by atoms with Gasteiger partial charge < -0.3 is 4.57 Å². The molecule has 7 rings (SSSR count). The molecular weight excluding hydrogens is 417 g/mol. The lowest BCUT2D eigenvalue weighted by Gasteiger charge is -2.70. The Bertz CT molecular complexity index is 1270. The smallest absolute Gasteiger partial charge is 0.249 e. The largest absolute Gasteiger partial charge is 0.328 e. The highest BCUT2D eigenvalue weighted by atomic mass is 19.1. The van der Waals surface area contributed by atoms with Gasteiger partial charge in [-0.05, 0) is 67.5 Å². The van der Waals surface area contributed by atoms with E-state index in [0.717, 1.165) is 42.2 Å². The molecule has 1 amide bonds. The molecule has 1 unspecified atom stereocenters. The maximum Gasteiger partial charge on any atom is 0.249 e. The van der Waals surface area contributed by atoms with E-state index >= 15 is 0 Å². The van der Waals surface area contributed by atoms with Gasteiger partial charge in [-0.1, -0.05) is 0 Å². The molecule has 5 nitrogen and oxygen atoms in total. The molecule has 0 N–H and O–H groups in total. The molecule has 0 spiro atoms. The quantitative estimate of drug-likeness (QED) is 0.582. The third kappa shape index (κ3) is 2.74. The van der Waals surface area contributed by atoms with Crippen LogP contribution in [0.2, 0.25) is 0 Å². The van der Waals surface area contributed by atoms with Gasteiger partial charge in [-0.15, -0.1) is 0 Å². The molecular formula is C24H21F3N4O. The first kappa shape index (κ1) is 19.5. The molecule has 3 fully saturated rings. The second-order valence-corrected chi connectivity index (χ2v) is 9.59. The van der Waals surface area contributed by atoms with Crippen LogP contribution in [-0.4, -0.2) is 26.7 Å². The van der Waals surface area contributed by atoms with Crippen molar-refractivity contribution in [1.82, 2.24) is 14.6 Å². The number of nitrogens with zero attached hydrogens (tertiary/aromatic N) is 4. The number of hydrazone groups is 1. The van der Waals surface area contributed by atoms with Crippen LogP contribution in [0, 0.1) is 35.2 Å². The Morgan fingerprint density at radius 1 is 1.06 bits per heavy atom. The molecule has 0 radical (unpaired) electrons. The highest BCUT2D eigenvalue weighted by Crippen LogP contribution is 2.75. The maximum absolute atomic E-state index is 13.8. The zero-order valence-corrected chi connectivity index (χ0v) is 17.5. The number of carbonyl (C=O) groups excluding carboxylic acids is 1. The van der Waals surface area contributed by atoms with Crippen LogP contribution in [0.3, 0.4) is 0 Å². The van der Waals surface area contributed by atoms with Crippen LogP contribution >= 0.6 is 0 Å². The number of aromatic nitrogens is 2. The van der Waals surface area contributed by atoms with E-state index in [4.69, 9.17) is 0 Å². The van der Waals surface area contributed by atoms with Crippen molar-refractivity contribution in [2.75, 3.05) is 0 Å². The van der Waals surface area contributed by atoms with Gasteiger partial charge in [0, 0.05) is 25.2 Å². The number of fused-ring (bicyclic) bond motifs is 1. The van der Waals surface area contributed by atoms with Gasteiger partial charge >= 0.3 is 0 Å². The van der Waals surface area contributed by atoms with E-state index < -0.39 is 23.1 Å². The monoisotopic (exact) mass is 438 g/mol. The molecule has 1 aliphatic heterocycles. The first-order valence-electron chi connectivity index (χ1n) is 10.7. The SMILES string of the molecule is Cc1nc2ccc(F)cc2n1CC12CC(C(=O)N3N=CCC3c3cc(F)cc(F)c3)(C1)C2. The molecule has 3 saturated carbocycles. The normalized spacial score (nSPS) is 28.1. The molecule has 1 atom stereocenters. The number of aryl methyl sites for hydroxylation is 1. The van der Waals surface area contributed by atoms with Gasteiger partial charge in [-0.2, -0.15) is 5.10 Å². The molecule has 164 valence electrons. The van der Waals surface area contributed by atoms with Crippen molar-refractivity contribution in [1.29, 1.82) is 0 Å². The molecule has 0 saturated heterocycles. The predicted octanol–water partition coefficient (Wildman–Crippen LogP) is 4.89. The van der Waals surface area contributed by atoms with Crippen LogP contribution in [0.25, 0.3) is 11.0 Å². The molecule has 2 bridgehead atoms. The zero-order chi connectivity index (χ0) is 22.3. The Hall–Kier alpha value is -3.16. The third-order valence-corrected chi connectivity index (χ3v) is 7.30. The second kappa shape index (κ2) is 6.43. The standard InChI is InChI=1S/C24H21F3N4O/c1-14-29-19-3-2-16(25)9-21(19)30(14)13-23-10-24(11-23,12-23)22(32)31-20(4-5-28-31)15-6-17(26)8-18(27)7-15/h2-3,5-9,20H,4,10-13H2,1H3. The topological polar surface area (TPSA) is 50.5 Å². The number of amides is 1. The van der Waals surface area contributed by atoms with Crippen LogP contribution < -0.4 is 0 Å². The summed E-state index contributed by atoms with van der Waals surface area (Å²) in [5.41, 5.74) is 1.46. The van der Waals surface area contributed by atoms with E-state index in [1.54, 1.807) is 12.3 Å². The van der Waals surface area contributed by atoms with Crippen molar-refractivity contribution in [2.24, 2.45) is 15.9 Å². The number of hydrogen-bond donors (Lipinski definition) is 0. The minimum absolute atomic E-state index is 0.00966. The molecule has 8 heteroatoms. The summed E-state index contributed by atoms with van der Waals surface area (Å²) in [6, 6.07) is 7.46. The summed E-state index contributed by atoms with van der Waals surface area (Å²) in [5.74, 6) is -0.880. The fraction of sp³-hybridized carbons (Fsp3) is 0.375. The molecule has 1 aromatic heterocycles. The molecule has 2 aromatic carbocycles. The van der Waals surface area contributed by atoms with Gasteiger partial charge in [0.05, 0.1) is 22.5 Å². The highest BCUT2D eigenvalue weighted by molar-refractivity contribution is 5.88. The number of carbonyl (C=O) groups is 1. The summed E-state index contributed by atoms with van der Waals surface area (Å²) in [7, 11) is 0. The van der Waals surface area contributed by atoms with Crippen LogP contribution in [-0.2, 0) is 11.3 Å². The molecule has 2 heterocycles. The van der Waals surface area contributed by atoms with Crippen molar-refractivity contribution in [3.63, 3.8) is 0 Å². The average molecular weight is 438 g/mol. The van der Waals surface area contributed by atoms with E-state index in [9.17, 15) is 18.0 Å². The Labute approximate surface area is 182 Å². The van der Waals surface area contributed by atoms with Crippen molar-refractivity contribution >= 4 is 23.2 Å². The number of halogens is 3. The first-order chi connectivity index (χ1) is 15.3. The predicted molar refractivity (Wildman–Crippen MR) is 112 cm³/mol. The summed E-state index contributed by atoms with van der Waals surface area (Å²) in [5, 5.41) is 5.65. The molecule has 32 heavy (non-hydrogen) atoms. The van der Waals surface area contributed by atoms with E-state index in [1.165, 1.54) is 29.3 Å². The van der Waals surface area contributed by atoms with Gasteiger partial charge in [0.25, 0.3) is 0 Å². The molecule has 3 aliphatic carbocycles. The summed E-state index contributed by atoms with van der Waals surface area (Å²) < 4.78 is 43.2. The highest BCUT2D eigenvalue weighted by Gasteiger charge is 2.72. The van der Waals surface area contributed by atoms with Gasteiger partial charge in [0.15, 0.2) is 0 Å². The van der Waals surface area contributed by atoms with E-state index in [-0.39, 0.29) is 17.1 Å². The summed E-state index contributed by atoms with van der Waals surface area (Å²) in [4.78, 5) is 17.9. The van der Waals surface area contributed by atoms with Gasteiger partial charge in [-0.3, -0.25) is 4.79 Å². The summed E-state index contributed by atoms with van der Waals surface area (Å²) >= 11 is 0. The van der Waals surface area contributed by atoms with Crippen LogP contribution in [0.4, 0.5) is 13.2 Å². The molecule has 3 aromatic rings. The fourth-order valence-corrected chi connectivity index (χ4v) is 6.04. The van der Waals surface area contributed by atoms with E-state index in [2.05, 4.69) is 10.1 Å². The van der Waals surface area contributed by atoms with Crippen molar-refractivity contribution in [3.8, 4) is 0 Å². The van der Waals surface area contributed by atoms with Crippen molar-refractivity contribution in [2.45, 2.75) is 45.2 Å². The average Bonchev–Trinajstić information content (AvgIpc) is 3.27. The zero-order valence-electron chi connectivity index (χ0n) is 17.5. The van der Waals surface area contributed by atoms with Crippen LogP contribution in [0.1, 0.15) is 43.1 Å².